The normalized spacial score (nSPS) is 10.5. The van der Waals surface area contributed by atoms with E-state index in [9.17, 15) is 0 Å². The van der Waals surface area contributed by atoms with Crippen molar-refractivity contribution >= 4 is 0 Å². The Kier molecular flexibility index (Phi) is 5.50. The first-order valence-corrected chi connectivity index (χ1v) is 6.87. The largest absolute Gasteiger partial charge is 0.493 e. The predicted octanol–water partition coefficient (Wildman–Crippen LogP) is 3.37. The molecule has 108 valence electrons. The summed E-state index contributed by atoms with van der Waals surface area (Å²) >= 11 is 0. The fraction of sp³-hybridized carbons (Fsp3) is 0.375. The zero-order chi connectivity index (χ0) is 14.2. The molecule has 0 bridgehead atoms. The van der Waals surface area contributed by atoms with Crippen LogP contribution in [0.25, 0.3) is 0 Å². The van der Waals surface area contributed by atoms with Gasteiger partial charge in [-0.2, -0.15) is 0 Å². The van der Waals surface area contributed by atoms with Gasteiger partial charge in [-0.3, -0.25) is 0 Å². The van der Waals surface area contributed by atoms with Crippen LogP contribution in [-0.4, -0.2) is 13.7 Å². The molecular weight excluding hydrogens is 254 g/mol. The molecule has 4 heteroatoms. The van der Waals surface area contributed by atoms with Crippen molar-refractivity contribution in [3.8, 4) is 11.5 Å². The maximum Gasteiger partial charge on any atom is 0.161 e. The Morgan fingerprint density at radius 1 is 1.15 bits per heavy atom. The average molecular weight is 275 g/mol. The molecule has 0 saturated heterocycles. The molecule has 0 fully saturated rings. The van der Waals surface area contributed by atoms with Gasteiger partial charge in [-0.15, -0.1) is 0 Å². The summed E-state index contributed by atoms with van der Waals surface area (Å²) < 4.78 is 16.6. The Balaban J connectivity index is 1.95. The highest BCUT2D eigenvalue weighted by Gasteiger charge is 2.08. The van der Waals surface area contributed by atoms with Crippen molar-refractivity contribution in [3.05, 3.63) is 47.9 Å². The van der Waals surface area contributed by atoms with Gasteiger partial charge in [0.25, 0.3) is 0 Å². The Morgan fingerprint density at radius 2 is 1.95 bits per heavy atom. The summed E-state index contributed by atoms with van der Waals surface area (Å²) in [4.78, 5) is 0. The summed E-state index contributed by atoms with van der Waals surface area (Å²) in [7, 11) is 1.64. The van der Waals surface area contributed by atoms with Gasteiger partial charge in [-0.1, -0.05) is 19.1 Å². The number of nitrogens with one attached hydrogen (secondary N) is 1. The van der Waals surface area contributed by atoms with E-state index in [-0.39, 0.29) is 0 Å². The molecule has 4 nitrogen and oxygen atoms in total. The lowest BCUT2D eigenvalue weighted by molar-refractivity contribution is 0.281. The number of rotatable bonds is 8. The second-order valence-corrected chi connectivity index (χ2v) is 4.49. The molecule has 0 saturated carbocycles. The Labute approximate surface area is 119 Å². The first-order chi connectivity index (χ1) is 9.85. The highest BCUT2D eigenvalue weighted by atomic mass is 16.5. The van der Waals surface area contributed by atoms with E-state index in [0.717, 1.165) is 42.3 Å². The van der Waals surface area contributed by atoms with E-state index < -0.39 is 0 Å². The standard InChI is InChI=1S/C16H21NO3/c1-3-9-17-11-16-13(8-10-19-16)12-20-15-7-5-4-6-14(15)18-2/h4-8,10,17H,3,9,11-12H2,1-2H3. The Hall–Kier alpha value is -1.94. The maximum absolute atomic E-state index is 5.81. The minimum absolute atomic E-state index is 0.472. The van der Waals surface area contributed by atoms with Gasteiger partial charge in [0.1, 0.15) is 12.4 Å². The van der Waals surface area contributed by atoms with Crippen molar-refractivity contribution in [1.29, 1.82) is 0 Å². The van der Waals surface area contributed by atoms with Gasteiger partial charge in [0.05, 0.1) is 19.9 Å². The fourth-order valence-corrected chi connectivity index (χ4v) is 1.92. The fourth-order valence-electron chi connectivity index (χ4n) is 1.92. The van der Waals surface area contributed by atoms with Crippen LogP contribution in [0, 0.1) is 0 Å². The van der Waals surface area contributed by atoms with Crippen molar-refractivity contribution in [3.63, 3.8) is 0 Å². The van der Waals surface area contributed by atoms with E-state index in [4.69, 9.17) is 13.9 Å². The van der Waals surface area contributed by atoms with Crippen molar-refractivity contribution in [2.75, 3.05) is 13.7 Å². The smallest absolute Gasteiger partial charge is 0.161 e. The SMILES string of the molecule is CCCNCc1occc1COc1ccccc1OC. The van der Waals surface area contributed by atoms with Gasteiger partial charge in [-0.05, 0) is 31.2 Å². The topological polar surface area (TPSA) is 43.6 Å². The van der Waals surface area contributed by atoms with Gasteiger partial charge >= 0.3 is 0 Å². The third-order valence-electron chi connectivity index (χ3n) is 3.00. The minimum Gasteiger partial charge on any atom is -0.493 e. The summed E-state index contributed by atoms with van der Waals surface area (Å²) in [6.07, 6.45) is 2.80. The van der Waals surface area contributed by atoms with Crippen molar-refractivity contribution in [2.45, 2.75) is 26.5 Å². The molecule has 0 aliphatic heterocycles. The molecule has 20 heavy (non-hydrogen) atoms. The predicted molar refractivity (Wildman–Crippen MR) is 78.0 cm³/mol. The summed E-state index contributed by atoms with van der Waals surface area (Å²) in [5.41, 5.74) is 1.06. The quantitative estimate of drug-likeness (QED) is 0.750. The van der Waals surface area contributed by atoms with Crippen LogP contribution in [0.3, 0.4) is 0 Å². The monoisotopic (exact) mass is 275 g/mol. The van der Waals surface area contributed by atoms with Crippen LogP contribution < -0.4 is 14.8 Å². The van der Waals surface area contributed by atoms with Crippen LogP contribution in [0.1, 0.15) is 24.7 Å². The number of methoxy groups -OCH3 is 1. The molecule has 1 aromatic heterocycles. The molecular formula is C16H21NO3. The highest BCUT2D eigenvalue weighted by molar-refractivity contribution is 5.39. The number of furan rings is 1. The molecule has 0 amide bonds. The second-order valence-electron chi connectivity index (χ2n) is 4.49. The second kappa shape index (κ2) is 7.60. The average Bonchev–Trinajstić information content (AvgIpc) is 2.93. The van der Waals surface area contributed by atoms with Gasteiger partial charge in [0, 0.05) is 5.56 Å². The van der Waals surface area contributed by atoms with Crippen LogP contribution in [0.15, 0.2) is 41.0 Å². The van der Waals surface area contributed by atoms with Crippen molar-refractivity contribution in [1.82, 2.24) is 5.32 Å². The minimum atomic E-state index is 0.472. The van der Waals surface area contributed by atoms with E-state index in [1.807, 2.05) is 30.3 Å². The molecule has 0 aliphatic rings. The number of hydrogen-bond acceptors (Lipinski definition) is 4. The molecule has 0 radical (unpaired) electrons. The van der Waals surface area contributed by atoms with Crippen molar-refractivity contribution in [2.24, 2.45) is 0 Å². The van der Waals surface area contributed by atoms with E-state index in [2.05, 4.69) is 12.2 Å². The van der Waals surface area contributed by atoms with E-state index in [1.54, 1.807) is 13.4 Å². The first kappa shape index (κ1) is 14.5. The van der Waals surface area contributed by atoms with Gasteiger partial charge in [-0.25, -0.2) is 0 Å². The van der Waals surface area contributed by atoms with Crippen LogP contribution >= 0.6 is 0 Å². The van der Waals surface area contributed by atoms with E-state index >= 15 is 0 Å². The van der Waals surface area contributed by atoms with E-state index in [1.165, 1.54) is 0 Å². The van der Waals surface area contributed by atoms with Crippen molar-refractivity contribution < 1.29 is 13.9 Å². The highest BCUT2D eigenvalue weighted by Crippen LogP contribution is 2.27. The molecule has 2 aromatic rings. The molecule has 1 heterocycles. The Morgan fingerprint density at radius 3 is 2.70 bits per heavy atom. The first-order valence-electron chi connectivity index (χ1n) is 6.87. The van der Waals surface area contributed by atoms with Crippen LogP contribution in [-0.2, 0) is 13.2 Å². The lowest BCUT2D eigenvalue weighted by Gasteiger charge is -2.10. The molecule has 1 N–H and O–H groups in total. The van der Waals surface area contributed by atoms with Gasteiger partial charge in [0.15, 0.2) is 11.5 Å². The third-order valence-corrected chi connectivity index (χ3v) is 3.00. The third kappa shape index (κ3) is 3.78. The summed E-state index contributed by atoms with van der Waals surface area (Å²) in [5.74, 6) is 2.40. The van der Waals surface area contributed by atoms with Gasteiger partial charge in [0.2, 0.25) is 0 Å². The maximum atomic E-state index is 5.81. The lowest BCUT2D eigenvalue weighted by Crippen LogP contribution is -2.14. The van der Waals surface area contributed by atoms with Crippen LogP contribution in [0.4, 0.5) is 0 Å². The zero-order valence-electron chi connectivity index (χ0n) is 12.0. The van der Waals surface area contributed by atoms with Crippen LogP contribution in [0.2, 0.25) is 0 Å². The zero-order valence-corrected chi connectivity index (χ0v) is 12.0. The van der Waals surface area contributed by atoms with Crippen LogP contribution in [0.5, 0.6) is 11.5 Å². The number of para-hydroxylation sites is 2. The van der Waals surface area contributed by atoms with E-state index in [0.29, 0.717) is 6.61 Å². The summed E-state index contributed by atoms with van der Waals surface area (Å²) in [6, 6.07) is 9.57. The summed E-state index contributed by atoms with van der Waals surface area (Å²) in [5, 5.41) is 3.32. The molecule has 0 unspecified atom stereocenters. The lowest BCUT2D eigenvalue weighted by atomic mass is 10.2. The number of hydrogen-bond donors (Lipinski definition) is 1. The van der Waals surface area contributed by atoms with Gasteiger partial charge < -0.3 is 19.2 Å². The molecule has 0 atom stereocenters. The molecule has 0 aliphatic carbocycles. The number of ether oxygens (including phenoxy) is 2. The number of benzene rings is 1. The molecule has 0 spiro atoms. The Bertz CT molecular complexity index is 522. The summed E-state index contributed by atoms with van der Waals surface area (Å²) in [6.45, 7) is 4.32. The molecule has 2 rings (SSSR count). The molecule has 1 aromatic carbocycles.